The molecular weight excluding hydrogens is 172 g/mol. The van der Waals surface area contributed by atoms with Gasteiger partial charge < -0.3 is 5.73 Å². The van der Waals surface area contributed by atoms with E-state index in [2.05, 4.69) is 4.98 Å². The molecule has 0 fully saturated rings. The number of thiazole rings is 1. The third-order valence-electron chi connectivity index (χ3n) is 1.43. The molecule has 1 heterocycles. The largest absolute Gasteiger partial charge is 0.389 e. The van der Waals surface area contributed by atoms with Crippen LogP contribution < -0.4 is 5.73 Å². The molecule has 0 saturated heterocycles. The molecule has 0 bridgehead atoms. The zero-order valence-corrected chi connectivity index (χ0v) is 8.23. The summed E-state index contributed by atoms with van der Waals surface area (Å²) in [5.41, 5.74) is 5.91. The Kier molecular flexibility index (Phi) is 2.19. The zero-order chi connectivity index (χ0) is 9.35. The van der Waals surface area contributed by atoms with Gasteiger partial charge in [-0.15, -0.1) is 11.3 Å². The summed E-state index contributed by atoms with van der Waals surface area (Å²) in [6.07, 6.45) is 0.696. The van der Waals surface area contributed by atoms with Crippen LogP contribution in [0.3, 0.4) is 0 Å². The minimum absolute atomic E-state index is 0.0277. The van der Waals surface area contributed by atoms with E-state index >= 15 is 0 Å². The van der Waals surface area contributed by atoms with E-state index in [0.717, 1.165) is 5.01 Å². The van der Waals surface area contributed by atoms with Gasteiger partial charge in [0, 0.05) is 5.41 Å². The Balaban J connectivity index is 3.13. The van der Waals surface area contributed by atoms with Crippen molar-refractivity contribution in [3.63, 3.8) is 0 Å². The van der Waals surface area contributed by atoms with Crippen LogP contribution in [-0.2, 0) is 5.41 Å². The number of nitrogen functional groups attached to an aromatic ring is 1. The first-order chi connectivity index (χ1) is 5.45. The lowest BCUT2D eigenvalue weighted by atomic mass is 9.98. The number of hydrogen-bond donors (Lipinski definition) is 1. The summed E-state index contributed by atoms with van der Waals surface area (Å²) in [4.78, 5) is 14.6. The van der Waals surface area contributed by atoms with Crippen molar-refractivity contribution >= 4 is 22.6 Å². The second kappa shape index (κ2) is 2.86. The Labute approximate surface area is 75.6 Å². The van der Waals surface area contributed by atoms with E-state index in [0.29, 0.717) is 17.0 Å². The third kappa shape index (κ3) is 1.64. The van der Waals surface area contributed by atoms with Gasteiger partial charge >= 0.3 is 0 Å². The molecule has 0 aliphatic heterocycles. The minimum atomic E-state index is -0.0277. The Morgan fingerprint density at radius 2 is 2.08 bits per heavy atom. The molecule has 0 aliphatic rings. The lowest BCUT2D eigenvalue weighted by Crippen LogP contribution is -2.10. The third-order valence-corrected chi connectivity index (χ3v) is 2.76. The summed E-state index contributed by atoms with van der Waals surface area (Å²) in [7, 11) is 0. The van der Waals surface area contributed by atoms with E-state index < -0.39 is 0 Å². The maximum Gasteiger partial charge on any atom is 0.171 e. The number of anilines is 1. The van der Waals surface area contributed by atoms with Crippen molar-refractivity contribution in [2.24, 2.45) is 0 Å². The van der Waals surface area contributed by atoms with Crippen molar-refractivity contribution in [2.45, 2.75) is 26.2 Å². The number of carbonyl (C=O) groups is 1. The number of hydrogen-bond acceptors (Lipinski definition) is 4. The maximum absolute atomic E-state index is 10.4. The molecule has 0 spiro atoms. The van der Waals surface area contributed by atoms with E-state index in [1.54, 1.807) is 0 Å². The molecule has 2 N–H and O–H groups in total. The van der Waals surface area contributed by atoms with Crippen molar-refractivity contribution in [1.29, 1.82) is 0 Å². The van der Waals surface area contributed by atoms with E-state index in [9.17, 15) is 4.79 Å². The molecule has 0 saturated carbocycles. The Hall–Kier alpha value is -0.900. The summed E-state index contributed by atoms with van der Waals surface area (Å²) >= 11 is 1.38. The van der Waals surface area contributed by atoms with Gasteiger partial charge in [-0.05, 0) is 0 Å². The monoisotopic (exact) mass is 184 g/mol. The van der Waals surface area contributed by atoms with Crippen molar-refractivity contribution in [3.8, 4) is 0 Å². The molecule has 12 heavy (non-hydrogen) atoms. The predicted molar refractivity (Wildman–Crippen MR) is 50.6 cm³/mol. The maximum atomic E-state index is 10.4. The van der Waals surface area contributed by atoms with Crippen molar-refractivity contribution < 1.29 is 4.79 Å². The number of carbonyl (C=O) groups excluding carboxylic acids is 1. The van der Waals surface area contributed by atoms with Crippen molar-refractivity contribution in [3.05, 3.63) is 10.7 Å². The van der Waals surface area contributed by atoms with Crippen LogP contribution in [-0.4, -0.2) is 11.3 Å². The molecule has 66 valence electrons. The SMILES string of the molecule is CC(C)(C)c1nc(C=O)c(N)s1. The van der Waals surface area contributed by atoms with Crippen molar-refractivity contribution in [2.75, 3.05) is 5.73 Å². The minimum Gasteiger partial charge on any atom is -0.389 e. The average molecular weight is 184 g/mol. The molecular formula is C8H12N2OS. The lowest BCUT2D eigenvalue weighted by Gasteiger charge is -2.13. The predicted octanol–water partition coefficient (Wildman–Crippen LogP) is 1.84. The Morgan fingerprint density at radius 1 is 1.50 bits per heavy atom. The topological polar surface area (TPSA) is 56.0 Å². The van der Waals surface area contributed by atoms with Crippen LogP contribution in [0.5, 0.6) is 0 Å². The zero-order valence-electron chi connectivity index (χ0n) is 7.42. The van der Waals surface area contributed by atoms with E-state index in [1.165, 1.54) is 11.3 Å². The van der Waals surface area contributed by atoms with Crippen LogP contribution in [0.2, 0.25) is 0 Å². The molecule has 0 aromatic carbocycles. The molecule has 1 aromatic heterocycles. The number of nitrogens with two attached hydrogens (primary N) is 1. The summed E-state index contributed by atoms with van der Waals surface area (Å²) in [5.74, 6) is 0. The fourth-order valence-corrected chi connectivity index (χ4v) is 1.61. The van der Waals surface area contributed by atoms with Gasteiger partial charge in [0.25, 0.3) is 0 Å². The number of nitrogens with zero attached hydrogens (tertiary/aromatic N) is 1. The highest BCUT2D eigenvalue weighted by Gasteiger charge is 2.19. The van der Waals surface area contributed by atoms with E-state index in [4.69, 9.17) is 5.73 Å². The second-order valence-corrected chi connectivity index (χ2v) is 4.67. The Morgan fingerprint density at radius 3 is 2.33 bits per heavy atom. The smallest absolute Gasteiger partial charge is 0.171 e. The highest BCUT2D eigenvalue weighted by atomic mass is 32.1. The molecule has 1 aromatic rings. The first-order valence-corrected chi connectivity index (χ1v) is 4.49. The van der Waals surface area contributed by atoms with Gasteiger partial charge in [-0.1, -0.05) is 20.8 Å². The van der Waals surface area contributed by atoms with Gasteiger partial charge in [0.15, 0.2) is 6.29 Å². The normalized spacial score (nSPS) is 11.6. The van der Waals surface area contributed by atoms with Crippen LogP contribution in [0.15, 0.2) is 0 Å². The summed E-state index contributed by atoms with van der Waals surface area (Å²) in [6.45, 7) is 6.12. The fraction of sp³-hybridized carbons (Fsp3) is 0.500. The molecule has 0 amide bonds. The van der Waals surface area contributed by atoms with Gasteiger partial charge in [0.1, 0.15) is 15.7 Å². The first kappa shape index (κ1) is 9.19. The fourth-order valence-electron chi connectivity index (χ4n) is 0.749. The lowest BCUT2D eigenvalue weighted by molar-refractivity contribution is 0.112. The van der Waals surface area contributed by atoms with Gasteiger partial charge in [-0.2, -0.15) is 0 Å². The number of aldehydes is 1. The standard InChI is InChI=1S/C8H12N2OS/c1-8(2,3)7-10-5(4-11)6(9)12-7/h4H,9H2,1-3H3. The van der Waals surface area contributed by atoms with E-state index in [-0.39, 0.29) is 5.41 Å². The summed E-state index contributed by atoms with van der Waals surface area (Å²) < 4.78 is 0. The van der Waals surface area contributed by atoms with Gasteiger partial charge in [0.05, 0.1) is 0 Å². The van der Waals surface area contributed by atoms with E-state index in [1.807, 2.05) is 20.8 Å². The van der Waals surface area contributed by atoms with Crippen LogP contribution in [0.4, 0.5) is 5.00 Å². The average Bonchev–Trinajstić information content (AvgIpc) is 2.29. The van der Waals surface area contributed by atoms with Gasteiger partial charge in [-0.3, -0.25) is 4.79 Å². The summed E-state index contributed by atoms with van der Waals surface area (Å²) in [6, 6.07) is 0. The van der Waals surface area contributed by atoms with Crippen molar-refractivity contribution in [1.82, 2.24) is 4.98 Å². The molecule has 0 atom stereocenters. The molecule has 3 nitrogen and oxygen atoms in total. The van der Waals surface area contributed by atoms with Crippen LogP contribution >= 0.6 is 11.3 Å². The summed E-state index contributed by atoms with van der Waals surface area (Å²) in [5, 5.41) is 1.41. The van der Waals surface area contributed by atoms with Gasteiger partial charge in [-0.25, -0.2) is 4.98 Å². The molecule has 0 radical (unpaired) electrons. The molecule has 0 aliphatic carbocycles. The molecule has 0 unspecified atom stereocenters. The highest BCUT2D eigenvalue weighted by molar-refractivity contribution is 7.16. The first-order valence-electron chi connectivity index (χ1n) is 3.67. The van der Waals surface area contributed by atoms with Gasteiger partial charge in [0.2, 0.25) is 0 Å². The number of rotatable bonds is 1. The van der Waals surface area contributed by atoms with Crippen LogP contribution in [0.25, 0.3) is 0 Å². The number of aromatic nitrogens is 1. The molecule has 1 rings (SSSR count). The molecule has 4 heteroatoms. The van der Waals surface area contributed by atoms with Crippen LogP contribution in [0, 0.1) is 0 Å². The highest BCUT2D eigenvalue weighted by Crippen LogP contribution is 2.29. The quantitative estimate of drug-likeness (QED) is 0.677. The Bertz CT molecular complexity index is 298. The van der Waals surface area contributed by atoms with Crippen LogP contribution in [0.1, 0.15) is 36.3 Å². The second-order valence-electron chi connectivity index (χ2n) is 3.64.